The molecule has 4 nitrogen and oxygen atoms in total. The predicted molar refractivity (Wildman–Crippen MR) is 67.5 cm³/mol. The number of nitrogens with zero attached hydrogens (tertiary/aromatic N) is 3. The number of hydrogen-bond donors (Lipinski definition) is 1. The second-order valence-corrected chi connectivity index (χ2v) is 4.07. The van der Waals surface area contributed by atoms with Gasteiger partial charge >= 0.3 is 0 Å². The number of halogens is 1. The molecule has 0 aliphatic heterocycles. The van der Waals surface area contributed by atoms with Crippen LogP contribution in [-0.4, -0.2) is 14.6 Å². The number of rotatable bonds is 1. The highest BCUT2D eigenvalue weighted by molar-refractivity contribution is 5.63. The first kappa shape index (κ1) is 10.7. The van der Waals surface area contributed by atoms with Crippen molar-refractivity contribution in [1.82, 2.24) is 14.6 Å². The first-order valence-electron chi connectivity index (χ1n) is 5.53. The molecular weight excluding hydrogens is 231 g/mol. The number of anilines is 1. The van der Waals surface area contributed by atoms with Crippen LogP contribution in [0.5, 0.6) is 0 Å². The van der Waals surface area contributed by atoms with E-state index in [0.717, 1.165) is 5.69 Å². The fourth-order valence-electron chi connectivity index (χ4n) is 1.97. The van der Waals surface area contributed by atoms with Crippen molar-refractivity contribution in [3.63, 3.8) is 0 Å². The molecule has 2 aromatic heterocycles. The Morgan fingerprint density at radius 3 is 2.67 bits per heavy atom. The molecule has 0 fully saturated rings. The van der Waals surface area contributed by atoms with Crippen molar-refractivity contribution < 1.29 is 4.39 Å². The lowest BCUT2D eigenvalue weighted by Gasteiger charge is -2.06. The molecule has 2 heterocycles. The average Bonchev–Trinajstić information content (AvgIpc) is 2.79. The molecule has 0 saturated carbocycles. The quantitative estimate of drug-likeness (QED) is 0.713. The Balaban J connectivity index is 2.37. The summed E-state index contributed by atoms with van der Waals surface area (Å²) in [6.45, 7) is 1.86. The molecule has 3 aromatic rings. The second-order valence-electron chi connectivity index (χ2n) is 4.07. The second kappa shape index (κ2) is 3.80. The zero-order valence-electron chi connectivity index (χ0n) is 9.76. The molecule has 18 heavy (non-hydrogen) atoms. The Kier molecular flexibility index (Phi) is 2.26. The van der Waals surface area contributed by atoms with Gasteiger partial charge in [-0.05, 0) is 31.2 Å². The predicted octanol–water partition coefficient (Wildman–Crippen LogP) is 2.43. The summed E-state index contributed by atoms with van der Waals surface area (Å²) >= 11 is 0. The number of fused-ring (bicyclic) bond motifs is 1. The van der Waals surface area contributed by atoms with Gasteiger partial charge in [-0.25, -0.2) is 4.39 Å². The van der Waals surface area contributed by atoms with E-state index in [4.69, 9.17) is 5.73 Å². The van der Waals surface area contributed by atoms with E-state index in [0.29, 0.717) is 22.7 Å². The van der Waals surface area contributed by atoms with Gasteiger partial charge in [-0.3, -0.25) is 4.40 Å². The van der Waals surface area contributed by atoms with Gasteiger partial charge in [-0.1, -0.05) is 12.1 Å². The molecular formula is C13H11FN4. The zero-order valence-corrected chi connectivity index (χ0v) is 9.76. The summed E-state index contributed by atoms with van der Waals surface area (Å²) in [5, 5.41) is 8.07. The van der Waals surface area contributed by atoms with E-state index in [1.807, 2.05) is 6.92 Å². The van der Waals surface area contributed by atoms with Crippen molar-refractivity contribution in [1.29, 1.82) is 0 Å². The van der Waals surface area contributed by atoms with E-state index in [-0.39, 0.29) is 5.82 Å². The van der Waals surface area contributed by atoms with Crippen molar-refractivity contribution >= 4 is 11.3 Å². The van der Waals surface area contributed by atoms with E-state index in [1.54, 1.807) is 34.7 Å². The van der Waals surface area contributed by atoms with Gasteiger partial charge in [0.05, 0.1) is 11.3 Å². The van der Waals surface area contributed by atoms with Gasteiger partial charge in [0.25, 0.3) is 0 Å². The van der Waals surface area contributed by atoms with Gasteiger partial charge < -0.3 is 5.73 Å². The van der Waals surface area contributed by atoms with Crippen LogP contribution in [0, 0.1) is 12.7 Å². The molecule has 0 amide bonds. The molecule has 0 atom stereocenters. The van der Waals surface area contributed by atoms with E-state index >= 15 is 0 Å². The summed E-state index contributed by atoms with van der Waals surface area (Å²) in [5.74, 6) is 0.140. The number of nitrogens with two attached hydrogens (primary N) is 1. The van der Waals surface area contributed by atoms with Gasteiger partial charge in [0, 0.05) is 5.69 Å². The summed E-state index contributed by atoms with van der Waals surface area (Å²) in [7, 11) is 0. The van der Waals surface area contributed by atoms with E-state index < -0.39 is 0 Å². The van der Waals surface area contributed by atoms with Crippen molar-refractivity contribution in [2.24, 2.45) is 0 Å². The van der Waals surface area contributed by atoms with Crippen LogP contribution >= 0.6 is 0 Å². The molecule has 5 heteroatoms. The molecule has 90 valence electrons. The fourth-order valence-corrected chi connectivity index (χ4v) is 1.97. The maximum Gasteiger partial charge on any atom is 0.171 e. The van der Waals surface area contributed by atoms with Crippen LogP contribution in [0.3, 0.4) is 0 Å². The molecule has 0 unspecified atom stereocenters. The van der Waals surface area contributed by atoms with Gasteiger partial charge in [-0.15, -0.1) is 10.2 Å². The van der Waals surface area contributed by atoms with Crippen LogP contribution in [0.25, 0.3) is 17.0 Å². The van der Waals surface area contributed by atoms with Crippen molar-refractivity contribution in [2.45, 2.75) is 6.92 Å². The van der Waals surface area contributed by atoms with Crippen LogP contribution in [0.15, 0.2) is 36.4 Å². The first-order chi connectivity index (χ1) is 8.68. The molecule has 1 aromatic carbocycles. The Morgan fingerprint density at radius 2 is 1.89 bits per heavy atom. The van der Waals surface area contributed by atoms with Gasteiger partial charge in [-0.2, -0.15) is 0 Å². The minimum Gasteiger partial charge on any atom is -0.397 e. The van der Waals surface area contributed by atoms with Crippen LogP contribution in [-0.2, 0) is 0 Å². The lowest BCUT2D eigenvalue weighted by atomic mass is 10.2. The van der Waals surface area contributed by atoms with E-state index in [1.165, 1.54) is 6.07 Å². The van der Waals surface area contributed by atoms with Crippen molar-refractivity contribution in [2.75, 3.05) is 5.73 Å². The van der Waals surface area contributed by atoms with Gasteiger partial charge in [0.15, 0.2) is 11.5 Å². The third-order valence-corrected chi connectivity index (χ3v) is 2.97. The normalized spacial score (nSPS) is 11.0. The third-order valence-electron chi connectivity index (χ3n) is 2.97. The van der Waals surface area contributed by atoms with Crippen LogP contribution in [0.2, 0.25) is 0 Å². The largest absolute Gasteiger partial charge is 0.397 e. The van der Waals surface area contributed by atoms with Crippen LogP contribution < -0.4 is 5.73 Å². The van der Waals surface area contributed by atoms with Crippen molar-refractivity contribution in [3.8, 4) is 11.4 Å². The highest BCUT2D eigenvalue weighted by atomic mass is 19.1. The molecule has 0 bridgehead atoms. The molecule has 2 N–H and O–H groups in total. The molecule has 0 spiro atoms. The maximum absolute atomic E-state index is 13.8. The Bertz CT molecular complexity index is 733. The minimum absolute atomic E-state index is 0.325. The Morgan fingerprint density at radius 1 is 1.11 bits per heavy atom. The van der Waals surface area contributed by atoms with Crippen LogP contribution in [0.1, 0.15) is 5.69 Å². The SMILES string of the molecule is Cc1c(N)ccc2nnc(-c3ccccc3F)n12. The zero-order chi connectivity index (χ0) is 12.7. The third kappa shape index (κ3) is 1.44. The minimum atomic E-state index is -0.325. The lowest BCUT2D eigenvalue weighted by Crippen LogP contribution is -2.00. The smallest absolute Gasteiger partial charge is 0.171 e. The number of nitrogen functional groups attached to an aromatic ring is 1. The maximum atomic E-state index is 13.8. The standard InChI is InChI=1S/C13H11FN4/c1-8-11(15)6-7-12-16-17-13(18(8)12)9-4-2-3-5-10(9)14/h2-7H,15H2,1H3. The molecule has 3 rings (SSSR count). The first-order valence-corrected chi connectivity index (χ1v) is 5.53. The summed E-state index contributed by atoms with van der Waals surface area (Å²) in [6.07, 6.45) is 0. The Labute approximate surface area is 103 Å². The molecule has 0 aliphatic rings. The number of aryl methyl sites for hydroxylation is 1. The van der Waals surface area contributed by atoms with Gasteiger partial charge in [0.2, 0.25) is 0 Å². The number of hydrogen-bond acceptors (Lipinski definition) is 3. The summed E-state index contributed by atoms with van der Waals surface area (Å²) in [5.41, 5.74) is 8.35. The highest BCUT2D eigenvalue weighted by Crippen LogP contribution is 2.24. The Hall–Kier alpha value is -2.43. The van der Waals surface area contributed by atoms with Gasteiger partial charge in [0.1, 0.15) is 5.82 Å². The summed E-state index contributed by atoms with van der Waals surface area (Å²) < 4.78 is 15.6. The summed E-state index contributed by atoms with van der Waals surface area (Å²) in [4.78, 5) is 0. The molecule has 0 aliphatic carbocycles. The monoisotopic (exact) mass is 242 g/mol. The lowest BCUT2D eigenvalue weighted by molar-refractivity contribution is 0.629. The summed E-state index contributed by atoms with van der Waals surface area (Å²) in [6, 6.07) is 10.0. The molecule has 0 saturated heterocycles. The number of benzene rings is 1. The molecule has 0 radical (unpaired) electrons. The number of aromatic nitrogens is 3. The fraction of sp³-hybridized carbons (Fsp3) is 0.0769. The highest BCUT2D eigenvalue weighted by Gasteiger charge is 2.14. The average molecular weight is 242 g/mol. The topological polar surface area (TPSA) is 56.2 Å². The van der Waals surface area contributed by atoms with Crippen LogP contribution in [0.4, 0.5) is 10.1 Å². The van der Waals surface area contributed by atoms with Crippen molar-refractivity contribution in [3.05, 3.63) is 47.9 Å². The number of pyridine rings is 1. The van der Waals surface area contributed by atoms with E-state index in [9.17, 15) is 4.39 Å². The van der Waals surface area contributed by atoms with E-state index in [2.05, 4.69) is 10.2 Å².